The van der Waals surface area contributed by atoms with Crippen molar-refractivity contribution in [3.63, 3.8) is 0 Å². The number of nitrogens with zero attached hydrogens (tertiary/aromatic N) is 5. The second-order valence-corrected chi connectivity index (χ2v) is 24.6. The number of rotatable bonds is 40. The summed E-state index contributed by atoms with van der Waals surface area (Å²) in [4.78, 5) is 19.2. The van der Waals surface area contributed by atoms with Crippen molar-refractivity contribution < 1.29 is 75.0 Å². The van der Waals surface area contributed by atoms with Gasteiger partial charge < -0.3 is 64.9 Å². The molecule has 1 radical (unpaired) electrons. The van der Waals surface area contributed by atoms with Gasteiger partial charge in [-0.2, -0.15) is 0 Å². The molecule has 3 heterocycles. The van der Waals surface area contributed by atoms with Gasteiger partial charge in [0.15, 0.2) is 0 Å². The summed E-state index contributed by atoms with van der Waals surface area (Å²) in [5, 5.41) is 25.6. The molecule has 78 heavy (non-hydrogen) atoms. The van der Waals surface area contributed by atoms with E-state index in [0.29, 0.717) is 87.8 Å². The number of hydrazine groups is 1. The van der Waals surface area contributed by atoms with Crippen molar-refractivity contribution in [2.75, 3.05) is 106 Å². The molecule has 1 aromatic heterocycles. The van der Waals surface area contributed by atoms with Crippen LogP contribution < -0.4 is 21.9 Å². The third-order valence-electron chi connectivity index (χ3n) is 12.7. The number of hydrogen-bond acceptors (Lipinski definition) is 12. The first kappa shape index (κ1) is 75.5. The summed E-state index contributed by atoms with van der Waals surface area (Å²) in [7, 11) is 1.92. The van der Waals surface area contributed by atoms with Crippen molar-refractivity contribution in [3.8, 4) is 12.8 Å². The number of unbranched alkanes of at least 4 members (excludes halogenated alkanes) is 11. The molecule has 2 aliphatic heterocycles. The smallest absolute Gasteiger partial charge is 0.142 e. The number of ether oxygens (including phenoxy) is 5. The Labute approximate surface area is 497 Å². The number of nitrogens with two attached hydrogens (primary N) is 1. The normalized spacial score (nSPS) is 15.2. The standard InChI is InChI=1S/C37H63F2N3O4.C15H24N6O.C3H11O2P2.C2H2.Y/c1-4-5-6-7-8-9-10-11-12-13-16-21-46-31-34(42-40)30-41-19-22-44-24-26-45-25-23-43-20-17-14-15-18-32(2)27-35-36(38)28-33(3)29-37(35)39;1-4-11-5-6-13(22-11)21-15(18-3)12(7-19-21)14(16)20-8-10(9-20)17-2;1-7(2,5)3-6-4;1-2;/h4,28-30,41-42H,1-2,5-27,31,40H2,3H3;7,10-11,13,17H,4-6,8-9H2,1-3H3;4-6H,3H2,1-2H3;1-2H;/q;-2;+1;;/b34-30-;;;;. The average molecular weight is 1210 g/mol. The van der Waals surface area contributed by atoms with Gasteiger partial charge in [-0.3, -0.25) is 15.8 Å². The van der Waals surface area contributed by atoms with E-state index in [9.17, 15) is 14.2 Å². The molecule has 1 aromatic carbocycles. The van der Waals surface area contributed by atoms with Gasteiger partial charge in [0.1, 0.15) is 25.0 Å². The number of allylic oxidation sites excluding steroid dienone is 2. The van der Waals surface area contributed by atoms with Gasteiger partial charge in [-0.25, -0.2) is 8.78 Å². The summed E-state index contributed by atoms with van der Waals surface area (Å²) in [6.07, 6.45) is 33.2. The van der Waals surface area contributed by atoms with E-state index in [2.05, 4.69) is 59.4 Å². The minimum absolute atomic E-state index is 0. The van der Waals surface area contributed by atoms with Gasteiger partial charge in [-0.05, 0) is 120 Å². The predicted octanol–water partition coefficient (Wildman–Crippen LogP) is 10.8. The maximum Gasteiger partial charge on any atom is 0.142 e. The molecule has 3 atom stereocenters. The number of nitrogens with one attached hydrogen (secondary N) is 3. The van der Waals surface area contributed by atoms with Gasteiger partial charge in [0, 0.05) is 76.5 Å². The number of benzene rings is 1. The van der Waals surface area contributed by atoms with Crippen LogP contribution in [0.4, 0.5) is 14.6 Å². The van der Waals surface area contributed by atoms with Crippen molar-refractivity contribution in [1.82, 2.24) is 30.7 Å². The molecule has 4 rings (SSSR count). The minimum atomic E-state index is -1.65. The fraction of sp³-hybridized carbons (Fsp3) is 0.684. The van der Waals surface area contributed by atoms with Crippen LogP contribution in [0.3, 0.4) is 0 Å². The Bertz CT molecular complexity index is 1900. The molecule has 443 valence electrons. The number of hydrogen-bond donors (Lipinski definition) is 6. The van der Waals surface area contributed by atoms with E-state index in [1.54, 1.807) is 38.2 Å². The van der Waals surface area contributed by atoms with E-state index in [1.807, 2.05) is 24.2 Å². The first-order valence-corrected chi connectivity index (χ1v) is 31.7. The van der Waals surface area contributed by atoms with Crippen molar-refractivity contribution in [2.45, 2.75) is 148 Å². The number of halogens is 2. The molecule has 2 aliphatic rings. The second kappa shape index (κ2) is 48.1. The summed E-state index contributed by atoms with van der Waals surface area (Å²) in [5.41, 5.74) is 5.70. The first-order chi connectivity index (χ1) is 37.2. The van der Waals surface area contributed by atoms with Crippen LogP contribution in [0.1, 0.15) is 139 Å². The summed E-state index contributed by atoms with van der Waals surface area (Å²) in [6.45, 7) is 21.9. The third-order valence-corrected chi connectivity index (χ3v) is 16.3. The van der Waals surface area contributed by atoms with Crippen LogP contribution >= 0.6 is 16.3 Å². The van der Waals surface area contributed by atoms with E-state index in [0.717, 1.165) is 88.8 Å². The third kappa shape index (κ3) is 34.7. The van der Waals surface area contributed by atoms with Crippen molar-refractivity contribution in [1.29, 1.82) is 0 Å². The molecule has 16 nitrogen and oxygen atoms in total. The molecule has 2 aromatic rings. The average Bonchev–Trinajstić information content (AvgIpc) is 4.07. The summed E-state index contributed by atoms with van der Waals surface area (Å²) >= 11 is 0. The fourth-order valence-corrected chi connectivity index (χ4v) is 9.57. The number of amidine groups is 1. The van der Waals surface area contributed by atoms with Gasteiger partial charge >= 0.3 is 0 Å². The van der Waals surface area contributed by atoms with Crippen LogP contribution in [-0.4, -0.2) is 148 Å². The Morgan fingerprint density at radius 1 is 0.936 bits per heavy atom. The number of likely N-dealkylation sites (tertiary alicyclic amines) is 1. The van der Waals surface area contributed by atoms with Crippen LogP contribution in [0.2, 0.25) is 0 Å². The molecule has 2 fully saturated rings. The van der Waals surface area contributed by atoms with E-state index >= 15 is 0 Å². The van der Waals surface area contributed by atoms with E-state index < -0.39 is 19.1 Å². The monoisotopic (exact) mass is 1210 g/mol. The summed E-state index contributed by atoms with van der Waals surface area (Å²) in [6, 6.07) is 3.16. The molecule has 0 saturated carbocycles. The number of aromatic nitrogens is 2. The van der Waals surface area contributed by atoms with Gasteiger partial charge in [0.05, 0.1) is 79.8 Å². The molecule has 2 saturated heterocycles. The van der Waals surface area contributed by atoms with Crippen LogP contribution in [0.5, 0.6) is 0 Å². The van der Waals surface area contributed by atoms with Crippen molar-refractivity contribution in [3.05, 3.63) is 94.1 Å². The van der Waals surface area contributed by atoms with Crippen LogP contribution in [0.25, 0.3) is 10.7 Å². The van der Waals surface area contributed by atoms with E-state index in [-0.39, 0.29) is 65.6 Å². The minimum Gasteiger partial charge on any atom is -0.467 e. The van der Waals surface area contributed by atoms with E-state index in [4.69, 9.17) is 39.3 Å². The summed E-state index contributed by atoms with van der Waals surface area (Å²) in [5.74, 6) is 6.14. The Hall–Kier alpha value is -2.46. The fourth-order valence-electron chi connectivity index (χ4n) is 8.19. The summed E-state index contributed by atoms with van der Waals surface area (Å²) < 4.78 is 58.3. The molecule has 0 bridgehead atoms. The van der Waals surface area contributed by atoms with Gasteiger partial charge in [0.25, 0.3) is 0 Å². The molecular weight excluding hydrogens is 1110 g/mol. The zero-order valence-electron chi connectivity index (χ0n) is 48.4. The number of aryl methyl sites for hydroxylation is 1. The molecule has 0 aliphatic carbocycles. The zero-order chi connectivity index (χ0) is 57.1. The molecule has 21 heteroatoms. The van der Waals surface area contributed by atoms with E-state index in [1.165, 1.54) is 63.5 Å². The SMILES string of the molecule is C#C.C=CCCCCCCCCCCCOC/C(=C/NCCOCCOCCOCCCCCC(=C)Cc1c(F)cc(C)cc1F)NN.CCC1CCC(n2ncc(C(=[N-])N3CC(NC)C3)c2[N-]C)O1.C[P+](C)(O)CPO.[Y]. The zero-order valence-corrected chi connectivity index (χ0v) is 53.2. The maximum absolute atomic E-state index is 14.0. The first-order valence-electron chi connectivity index (χ1n) is 27.7. The van der Waals surface area contributed by atoms with Gasteiger partial charge in [0.2, 0.25) is 0 Å². The Balaban J connectivity index is 0.00000151. The second-order valence-electron chi connectivity index (χ2n) is 19.8. The van der Waals surface area contributed by atoms with Crippen molar-refractivity contribution in [2.24, 2.45) is 5.84 Å². The molecule has 0 amide bonds. The number of terminal acetylenes is 1. The van der Waals surface area contributed by atoms with Crippen LogP contribution in [0.15, 0.2) is 55.0 Å². The Morgan fingerprint density at radius 3 is 2.03 bits per heavy atom. The molecule has 7 N–H and O–H groups in total. The van der Waals surface area contributed by atoms with Crippen molar-refractivity contribution >= 4 is 28.0 Å². The van der Waals surface area contributed by atoms with Crippen LogP contribution in [-0.2, 0) is 62.8 Å². The van der Waals surface area contributed by atoms with Gasteiger partial charge in [-0.15, -0.1) is 19.4 Å². The quantitative estimate of drug-likeness (QED) is 0.00538. The van der Waals surface area contributed by atoms with Gasteiger partial charge in [-0.1, -0.05) is 89.4 Å². The van der Waals surface area contributed by atoms with Crippen LogP contribution in [0, 0.1) is 31.4 Å². The maximum atomic E-state index is 14.0. The predicted molar refractivity (Wildman–Crippen MR) is 318 cm³/mol. The topological polar surface area (TPSA) is 206 Å². The largest absolute Gasteiger partial charge is 0.467 e. The Kier molecular flexibility index (Phi) is 46.6. The Morgan fingerprint density at radius 2 is 1.50 bits per heavy atom. The molecule has 0 spiro atoms. The molecular formula is C57H100F2N9O7P2Y-. The number of likely N-dealkylation sites (N-methyl/N-ethyl adjacent to an activating group) is 1. The molecule has 3 unspecified atom stereocenters.